The summed E-state index contributed by atoms with van der Waals surface area (Å²) in [5.74, 6) is 0.857. The Balaban J connectivity index is 2.25. The Kier molecular flexibility index (Phi) is 5.73. The molecule has 104 valence electrons. The number of hydrogen-bond acceptors (Lipinski definition) is 0. The second-order valence-electron chi connectivity index (χ2n) is 5.95. The minimum absolute atomic E-state index is 0.514. The van der Waals surface area contributed by atoms with Gasteiger partial charge in [0.25, 0.3) is 0 Å². The van der Waals surface area contributed by atoms with Crippen LogP contribution in [0.15, 0.2) is 18.2 Å². The second-order valence-corrected chi connectivity index (χ2v) is 9.00. The van der Waals surface area contributed by atoms with Gasteiger partial charge in [0, 0.05) is 10.7 Å². The van der Waals surface area contributed by atoms with Crippen LogP contribution in [0.25, 0.3) is 0 Å². The van der Waals surface area contributed by atoms with Gasteiger partial charge in [0.1, 0.15) is 0 Å². The maximum Gasteiger partial charge on any atom is 0.0881 e. The maximum absolute atomic E-state index is 3.65. The number of benzene rings is 1. The van der Waals surface area contributed by atoms with Gasteiger partial charge < -0.3 is 0 Å². The molecule has 1 fully saturated rings. The van der Waals surface area contributed by atoms with Crippen LogP contribution in [-0.2, 0) is 10.7 Å². The Morgan fingerprint density at radius 1 is 1.26 bits per heavy atom. The third-order valence-electron chi connectivity index (χ3n) is 4.56. The minimum atomic E-state index is 0.514. The van der Waals surface area contributed by atoms with Crippen LogP contribution in [0.5, 0.6) is 0 Å². The van der Waals surface area contributed by atoms with E-state index in [2.05, 4.69) is 63.9 Å². The molecule has 1 aliphatic carbocycles. The molecule has 0 spiro atoms. The quantitative estimate of drug-likeness (QED) is 0.480. The summed E-state index contributed by atoms with van der Waals surface area (Å²) >= 11 is 7.23. The van der Waals surface area contributed by atoms with E-state index in [1.807, 2.05) is 0 Å². The SMILES string of the molecule is CC1CCCCC1(C)[Si]c1cc(CBr)ccc1CBr. The Morgan fingerprint density at radius 3 is 2.68 bits per heavy atom. The average molecular weight is 402 g/mol. The summed E-state index contributed by atoms with van der Waals surface area (Å²) in [6.45, 7) is 4.96. The van der Waals surface area contributed by atoms with Crippen molar-refractivity contribution in [3.8, 4) is 0 Å². The molecule has 1 saturated carbocycles. The number of hydrogen-bond donors (Lipinski definition) is 0. The zero-order valence-corrected chi connectivity index (χ0v) is 16.0. The van der Waals surface area contributed by atoms with Crippen molar-refractivity contribution in [2.45, 2.75) is 55.2 Å². The van der Waals surface area contributed by atoms with E-state index in [0.717, 1.165) is 26.1 Å². The van der Waals surface area contributed by atoms with E-state index < -0.39 is 0 Å². The van der Waals surface area contributed by atoms with Gasteiger partial charge in [-0.05, 0) is 22.1 Å². The van der Waals surface area contributed by atoms with Crippen LogP contribution in [0, 0.1) is 5.92 Å². The van der Waals surface area contributed by atoms with Gasteiger partial charge in [0.2, 0.25) is 0 Å². The Morgan fingerprint density at radius 2 is 2.05 bits per heavy atom. The molecule has 0 amide bonds. The van der Waals surface area contributed by atoms with Crippen LogP contribution < -0.4 is 5.19 Å². The largest absolute Gasteiger partial charge is 0.0881 e. The van der Waals surface area contributed by atoms with Crippen molar-refractivity contribution in [3.05, 3.63) is 29.3 Å². The molecule has 2 atom stereocenters. The van der Waals surface area contributed by atoms with Gasteiger partial charge in [0.05, 0.1) is 9.52 Å². The first-order valence-corrected chi connectivity index (χ1v) is 10.4. The Bertz CT molecular complexity index is 433. The molecule has 2 rings (SSSR count). The first-order chi connectivity index (χ1) is 9.09. The highest BCUT2D eigenvalue weighted by atomic mass is 79.9. The first kappa shape index (κ1) is 15.8. The number of alkyl halides is 2. The van der Waals surface area contributed by atoms with E-state index in [0.29, 0.717) is 5.04 Å². The normalized spacial score (nSPS) is 27.5. The highest BCUT2D eigenvalue weighted by Crippen LogP contribution is 2.46. The highest BCUT2D eigenvalue weighted by molar-refractivity contribution is 9.08. The van der Waals surface area contributed by atoms with Crippen molar-refractivity contribution in [1.29, 1.82) is 0 Å². The lowest BCUT2D eigenvalue weighted by molar-refractivity contribution is 0.293. The predicted octanol–water partition coefficient (Wildman–Crippen LogP) is 5.19. The fourth-order valence-electron chi connectivity index (χ4n) is 2.94. The lowest BCUT2D eigenvalue weighted by atomic mass is 9.81. The molecule has 3 heteroatoms. The standard InChI is InChI=1S/C16H22Br2Si/c1-12-5-3-4-8-16(12,2)19-15-9-13(10-17)6-7-14(15)11-18/h6-7,9,12H,3-5,8,10-11H2,1-2H3. The summed E-state index contributed by atoms with van der Waals surface area (Å²) in [4.78, 5) is 0. The van der Waals surface area contributed by atoms with Crippen molar-refractivity contribution in [1.82, 2.24) is 0 Å². The van der Waals surface area contributed by atoms with Gasteiger partial charge in [-0.15, -0.1) is 0 Å². The number of halogens is 2. The van der Waals surface area contributed by atoms with Gasteiger partial charge in [-0.2, -0.15) is 0 Å². The van der Waals surface area contributed by atoms with E-state index in [1.54, 1.807) is 5.19 Å². The molecule has 0 saturated heterocycles. The molecule has 1 aliphatic rings. The number of rotatable bonds is 4. The molecular formula is C16H22Br2Si. The molecule has 0 aliphatic heterocycles. The molecule has 0 bridgehead atoms. The van der Waals surface area contributed by atoms with Crippen LogP contribution in [0.3, 0.4) is 0 Å². The molecule has 2 radical (unpaired) electrons. The monoisotopic (exact) mass is 400 g/mol. The van der Waals surface area contributed by atoms with E-state index >= 15 is 0 Å². The first-order valence-electron chi connectivity index (χ1n) is 7.11. The van der Waals surface area contributed by atoms with E-state index in [-0.39, 0.29) is 0 Å². The second kappa shape index (κ2) is 6.90. The zero-order valence-electron chi connectivity index (χ0n) is 11.8. The van der Waals surface area contributed by atoms with Crippen LogP contribution in [0.1, 0.15) is 50.7 Å². The van der Waals surface area contributed by atoms with E-state index in [9.17, 15) is 0 Å². The van der Waals surface area contributed by atoms with Crippen molar-refractivity contribution in [2.24, 2.45) is 5.92 Å². The highest BCUT2D eigenvalue weighted by Gasteiger charge is 2.34. The summed E-state index contributed by atoms with van der Waals surface area (Å²) in [6, 6.07) is 6.95. The maximum atomic E-state index is 3.65. The van der Waals surface area contributed by atoms with Crippen LogP contribution >= 0.6 is 31.9 Å². The summed E-state index contributed by atoms with van der Waals surface area (Å²) in [7, 11) is 0.941. The lowest BCUT2D eigenvalue weighted by Gasteiger charge is -2.40. The lowest BCUT2D eigenvalue weighted by Crippen LogP contribution is -2.36. The van der Waals surface area contributed by atoms with Crippen LogP contribution in [0.4, 0.5) is 0 Å². The smallest absolute Gasteiger partial charge is 0.0876 e. The van der Waals surface area contributed by atoms with Crippen LogP contribution in [-0.4, -0.2) is 9.52 Å². The summed E-state index contributed by atoms with van der Waals surface area (Å²) in [5, 5.41) is 4.02. The van der Waals surface area contributed by atoms with Gasteiger partial charge >= 0.3 is 0 Å². The zero-order chi connectivity index (χ0) is 13.9. The summed E-state index contributed by atoms with van der Waals surface area (Å²) in [6.07, 6.45) is 5.64. The molecular weight excluding hydrogens is 380 g/mol. The molecule has 0 nitrogen and oxygen atoms in total. The van der Waals surface area contributed by atoms with Crippen molar-refractivity contribution < 1.29 is 0 Å². The summed E-state index contributed by atoms with van der Waals surface area (Å²) in [5.41, 5.74) is 2.88. The van der Waals surface area contributed by atoms with Gasteiger partial charge in [-0.3, -0.25) is 0 Å². The molecule has 0 N–H and O–H groups in total. The average Bonchev–Trinajstić information content (AvgIpc) is 2.42. The molecule has 1 aromatic rings. The predicted molar refractivity (Wildman–Crippen MR) is 93.1 cm³/mol. The van der Waals surface area contributed by atoms with Crippen molar-refractivity contribution >= 4 is 46.6 Å². The van der Waals surface area contributed by atoms with Gasteiger partial charge in [-0.25, -0.2) is 0 Å². The summed E-state index contributed by atoms with van der Waals surface area (Å²) < 4.78 is 0. The molecule has 1 aromatic carbocycles. The van der Waals surface area contributed by atoms with Gasteiger partial charge in [-0.1, -0.05) is 94.8 Å². The molecule has 19 heavy (non-hydrogen) atoms. The minimum Gasteiger partial charge on any atom is -0.0876 e. The van der Waals surface area contributed by atoms with Crippen LogP contribution in [0.2, 0.25) is 5.04 Å². The Labute approximate surface area is 136 Å². The Hall–Kier alpha value is 0.397. The third kappa shape index (κ3) is 3.73. The molecule has 0 heterocycles. The van der Waals surface area contributed by atoms with E-state index in [4.69, 9.17) is 0 Å². The fourth-order valence-corrected chi connectivity index (χ4v) is 5.93. The van der Waals surface area contributed by atoms with Crippen molar-refractivity contribution in [3.63, 3.8) is 0 Å². The molecule has 2 unspecified atom stereocenters. The topological polar surface area (TPSA) is 0 Å². The third-order valence-corrected chi connectivity index (χ3v) is 7.86. The fraction of sp³-hybridized carbons (Fsp3) is 0.625. The van der Waals surface area contributed by atoms with E-state index in [1.165, 1.54) is 36.8 Å². The van der Waals surface area contributed by atoms with Crippen molar-refractivity contribution in [2.75, 3.05) is 0 Å². The van der Waals surface area contributed by atoms with Gasteiger partial charge in [0.15, 0.2) is 0 Å². The molecule has 0 aromatic heterocycles.